The van der Waals surface area contributed by atoms with Gasteiger partial charge < -0.3 is 20.9 Å². The second-order valence-electron chi connectivity index (χ2n) is 7.10. The Balaban J connectivity index is -0.000000105. The number of hydrogen-bond acceptors (Lipinski definition) is 2. The zero-order valence-electron chi connectivity index (χ0n) is 15.9. The van der Waals surface area contributed by atoms with E-state index in [4.69, 9.17) is 5.11 Å². The first kappa shape index (κ1) is 34.2. The molecule has 0 aromatic rings. The summed E-state index contributed by atoms with van der Waals surface area (Å²) in [5.74, 6) is 1.93. The largest absolute Gasteiger partial charge is 0.432 e. The second kappa shape index (κ2) is 19.8. The van der Waals surface area contributed by atoms with Crippen LogP contribution in [0.1, 0.15) is 61.3 Å². The minimum atomic E-state index is -1.94. The first-order chi connectivity index (χ1) is 8.66. The fourth-order valence-corrected chi connectivity index (χ4v) is 7.75. The predicted octanol–water partition coefficient (Wildman–Crippen LogP) is 3.02. The molecule has 0 aliphatic heterocycles. The second-order valence-corrected chi connectivity index (χ2v) is 10.8. The van der Waals surface area contributed by atoms with Crippen LogP contribution < -0.4 is 0 Å². The Morgan fingerprint density at radius 2 is 1.05 bits per heavy atom. The molecule has 0 rings (SSSR count). The van der Waals surface area contributed by atoms with E-state index in [-0.39, 0.29) is 32.7 Å². The standard InChI is InChI=1S/C12H28OSi.C4H10O.2H2O.Ti/c1-10(2)7-14(13,8-11(3)4)9-12(5)6;1-2-3-4-5;;;/h10-13H,7-9H2,1-6H3;5H,2-4H2,1H3;2*1H2;. The van der Waals surface area contributed by atoms with Crippen molar-refractivity contribution in [3.8, 4) is 0 Å². The Morgan fingerprint density at radius 3 is 1.14 bits per heavy atom. The van der Waals surface area contributed by atoms with E-state index in [0.29, 0.717) is 24.4 Å². The summed E-state index contributed by atoms with van der Waals surface area (Å²) in [6, 6.07) is 3.22. The van der Waals surface area contributed by atoms with Gasteiger partial charge in [0.25, 0.3) is 0 Å². The van der Waals surface area contributed by atoms with E-state index < -0.39 is 8.32 Å². The topological polar surface area (TPSA) is 103 Å². The average molecular weight is 374 g/mol. The molecule has 0 aliphatic carbocycles. The van der Waals surface area contributed by atoms with Gasteiger partial charge in [-0.15, -0.1) is 0 Å². The molecule has 0 unspecified atom stereocenters. The molecule has 22 heavy (non-hydrogen) atoms. The third-order valence-electron chi connectivity index (χ3n) is 2.88. The van der Waals surface area contributed by atoms with Crippen LogP contribution >= 0.6 is 0 Å². The Hall–Kier alpha value is 0.771. The molecule has 0 radical (unpaired) electrons. The van der Waals surface area contributed by atoms with E-state index in [1.165, 1.54) is 0 Å². The van der Waals surface area contributed by atoms with Crippen LogP contribution in [0.2, 0.25) is 18.1 Å². The van der Waals surface area contributed by atoms with Crippen LogP contribution in [0, 0.1) is 17.8 Å². The molecule has 6 heteroatoms. The molecule has 0 aliphatic rings. The zero-order chi connectivity index (χ0) is 15.5. The van der Waals surface area contributed by atoms with Gasteiger partial charge in [0, 0.05) is 28.3 Å². The van der Waals surface area contributed by atoms with Crippen LogP contribution in [0.25, 0.3) is 0 Å². The fourth-order valence-electron chi connectivity index (χ4n) is 2.69. The molecule has 0 atom stereocenters. The van der Waals surface area contributed by atoms with Crippen LogP contribution in [0.5, 0.6) is 0 Å². The van der Waals surface area contributed by atoms with Crippen LogP contribution in [-0.4, -0.2) is 35.8 Å². The summed E-state index contributed by atoms with van der Waals surface area (Å²) in [6.45, 7) is 15.7. The molecule has 0 bridgehead atoms. The van der Waals surface area contributed by atoms with Gasteiger partial charge in [-0.05, 0) is 42.3 Å². The summed E-state index contributed by atoms with van der Waals surface area (Å²) in [5.41, 5.74) is 0. The molecule has 0 saturated heterocycles. The van der Waals surface area contributed by atoms with Gasteiger partial charge in [-0.25, -0.2) is 0 Å². The van der Waals surface area contributed by atoms with Crippen molar-refractivity contribution in [1.82, 2.24) is 0 Å². The summed E-state index contributed by atoms with van der Waals surface area (Å²) in [6.07, 6.45) is 2.04. The summed E-state index contributed by atoms with van der Waals surface area (Å²) in [4.78, 5) is 10.7. The normalized spacial score (nSPS) is 10.4. The van der Waals surface area contributed by atoms with E-state index in [0.717, 1.165) is 31.0 Å². The molecule has 0 fully saturated rings. The van der Waals surface area contributed by atoms with E-state index in [2.05, 4.69) is 48.5 Å². The van der Waals surface area contributed by atoms with Crippen LogP contribution in [0.3, 0.4) is 0 Å². The average Bonchev–Trinajstić information content (AvgIpc) is 2.14. The third-order valence-corrected chi connectivity index (χ3v) is 7.61. The Kier molecular flexibility index (Phi) is 30.8. The third kappa shape index (κ3) is 25.7. The SMILES string of the molecule is CC(C)C[Si](O)(CC(C)C)CC(C)C.CCCCO.O.O.[Ti]. The van der Waals surface area contributed by atoms with Crippen molar-refractivity contribution in [1.29, 1.82) is 0 Å². The smallest absolute Gasteiger partial charge is 0.189 e. The van der Waals surface area contributed by atoms with Crippen molar-refractivity contribution in [2.75, 3.05) is 6.61 Å². The number of aliphatic hydroxyl groups is 1. The molecule has 0 heterocycles. The molecule has 6 N–H and O–H groups in total. The number of hydrogen-bond donors (Lipinski definition) is 2. The van der Waals surface area contributed by atoms with Crippen molar-refractivity contribution in [2.24, 2.45) is 17.8 Å². The maximum Gasteiger partial charge on any atom is 0.189 e. The van der Waals surface area contributed by atoms with Crippen molar-refractivity contribution in [2.45, 2.75) is 79.4 Å². The van der Waals surface area contributed by atoms with Gasteiger partial charge in [-0.1, -0.05) is 54.9 Å². The van der Waals surface area contributed by atoms with E-state index >= 15 is 0 Å². The van der Waals surface area contributed by atoms with Crippen molar-refractivity contribution >= 4 is 8.32 Å². The van der Waals surface area contributed by atoms with Gasteiger partial charge in [0.2, 0.25) is 0 Å². The minimum absolute atomic E-state index is 0. The first-order valence-corrected chi connectivity index (χ1v) is 10.6. The number of unbranched alkanes of at least 4 members (excludes halogenated alkanes) is 1. The van der Waals surface area contributed by atoms with Crippen LogP contribution in [0.4, 0.5) is 0 Å². The van der Waals surface area contributed by atoms with Crippen molar-refractivity contribution in [3.63, 3.8) is 0 Å². The summed E-state index contributed by atoms with van der Waals surface area (Å²) in [5, 5.41) is 8.07. The van der Waals surface area contributed by atoms with Crippen LogP contribution in [0.15, 0.2) is 0 Å². The fraction of sp³-hybridized carbons (Fsp3) is 1.00. The molecule has 0 spiro atoms. The molecule has 0 aromatic heterocycles. The molecule has 0 aromatic carbocycles. The maximum absolute atomic E-state index is 10.7. The van der Waals surface area contributed by atoms with Crippen molar-refractivity contribution in [3.05, 3.63) is 0 Å². The molecule has 138 valence electrons. The van der Waals surface area contributed by atoms with Gasteiger partial charge in [-0.2, -0.15) is 0 Å². The van der Waals surface area contributed by atoms with E-state index in [1.54, 1.807) is 0 Å². The Bertz CT molecular complexity index is 174. The number of rotatable bonds is 8. The van der Waals surface area contributed by atoms with Gasteiger partial charge in [0.1, 0.15) is 0 Å². The van der Waals surface area contributed by atoms with Crippen LogP contribution in [-0.2, 0) is 21.7 Å². The minimum Gasteiger partial charge on any atom is -0.432 e. The summed E-state index contributed by atoms with van der Waals surface area (Å²) >= 11 is 0. The van der Waals surface area contributed by atoms with Gasteiger partial charge in [-0.3, -0.25) is 0 Å². The quantitative estimate of drug-likeness (QED) is 0.638. The summed E-state index contributed by atoms with van der Waals surface area (Å²) < 4.78 is 0. The van der Waals surface area contributed by atoms with Crippen molar-refractivity contribution < 1.29 is 42.6 Å². The van der Waals surface area contributed by atoms with Gasteiger partial charge in [0.15, 0.2) is 8.32 Å². The zero-order valence-corrected chi connectivity index (χ0v) is 18.4. The Labute approximate surface area is 154 Å². The Morgan fingerprint density at radius 1 is 0.773 bits per heavy atom. The van der Waals surface area contributed by atoms with E-state index in [9.17, 15) is 4.80 Å². The summed E-state index contributed by atoms with van der Waals surface area (Å²) in [7, 11) is -1.94. The molecule has 0 saturated carbocycles. The van der Waals surface area contributed by atoms with Gasteiger partial charge in [0.05, 0.1) is 0 Å². The van der Waals surface area contributed by atoms with E-state index in [1.807, 2.05) is 0 Å². The molecular formula is C16H42O4SiTi. The first-order valence-electron chi connectivity index (χ1n) is 8.00. The number of aliphatic hydroxyl groups excluding tert-OH is 1. The monoisotopic (exact) mass is 374 g/mol. The molecule has 4 nitrogen and oxygen atoms in total. The van der Waals surface area contributed by atoms with Gasteiger partial charge >= 0.3 is 0 Å². The molecular weight excluding hydrogens is 332 g/mol. The maximum atomic E-state index is 10.7. The predicted molar refractivity (Wildman–Crippen MR) is 96.1 cm³/mol. The molecule has 0 amide bonds.